The first kappa shape index (κ1) is 16.6. The Morgan fingerprint density at radius 1 is 1.43 bits per heavy atom. The van der Waals surface area contributed by atoms with Crippen molar-refractivity contribution in [3.63, 3.8) is 0 Å². The van der Waals surface area contributed by atoms with Gasteiger partial charge in [0.15, 0.2) is 0 Å². The molecule has 0 aliphatic heterocycles. The summed E-state index contributed by atoms with van der Waals surface area (Å²) in [6.07, 6.45) is 6.85. The zero-order valence-corrected chi connectivity index (χ0v) is 13.3. The average molecular weight is 308 g/mol. The molecule has 0 spiro atoms. The molecule has 2 rings (SSSR count). The van der Waals surface area contributed by atoms with Crippen molar-refractivity contribution >= 4 is 11.7 Å². The summed E-state index contributed by atoms with van der Waals surface area (Å²) in [7, 11) is 0. The van der Waals surface area contributed by atoms with Crippen LogP contribution in [0, 0.1) is 22.7 Å². The van der Waals surface area contributed by atoms with Crippen LogP contribution in [0.25, 0.3) is 0 Å². The molecule has 23 heavy (non-hydrogen) atoms. The molecule has 0 aromatic heterocycles. The van der Waals surface area contributed by atoms with Crippen molar-refractivity contribution in [2.45, 2.75) is 13.8 Å². The Morgan fingerprint density at radius 3 is 2.70 bits per heavy atom. The summed E-state index contributed by atoms with van der Waals surface area (Å²) in [6, 6.07) is 11.5. The number of para-hydroxylation sites is 1. The fourth-order valence-electron chi connectivity index (χ4n) is 2.99. The molecule has 2 unspecified atom stereocenters. The van der Waals surface area contributed by atoms with Crippen LogP contribution >= 0.6 is 0 Å². The average Bonchev–Trinajstić information content (AvgIpc) is 2.53. The predicted octanol–water partition coefficient (Wildman–Crippen LogP) is 3.77. The normalized spacial score (nSPS) is 23.8. The van der Waals surface area contributed by atoms with Crippen LogP contribution in [0.3, 0.4) is 0 Å². The van der Waals surface area contributed by atoms with E-state index in [4.69, 9.17) is 5.26 Å². The van der Waals surface area contributed by atoms with E-state index in [1.165, 1.54) is 6.08 Å². The predicted molar refractivity (Wildman–Crippen MR) is 90.8 cm³/mol. The van der Waals surface area contributed by atoms with Crippen LogP contribution in [0.1, 0.15) is 13.8 Å². The van der Waals surface area contributed by atoms with Gasteiger partial charge in [-0.05, 0) is 36.6 Å². The molecule has 0 bridgehead atoms. The van der Waals surface area contributed by atoms with Crippen LogP contribution in [-0.2, 0) is 4.79 Å². The van der Waals surface area contributed by atoms with Crippen molar-refractivity contribution in [2.24, 2.45) is 11.3 Å². The number of nitrogens with one attached hydrogen (secondary N) is 1. The van der Waals surface area contributed by atoms with Crippen molar-refractivity contribution in [1.82, 2.24) is 0 Å². The lowest BCUT2D eigenvalue weighted by Crippen LogP contribution is -2.45. The summed E-state index contributed by atoms with van der Waals surface area (Å²) in [6.45, 7) is 4.05. The second-order valence-electron chi connectivity index (χ2n) is 5.74. The number of anilines is 1. The van der Waals surface area contributed by atoms with E-state index in [1.54, 1.807) is 6.08 Å². The number of carboxylic acids is 1. The quantitative estimate of drug-likeness (QED) is 0.812. The number of carboxylic acid groups (broad SMARTS) is 1. The molecular formula is C19H20N2O2. The second-order valence-corrected chi connectivity index (χ2v) is 5.74. The first-order chi connectivity index (χ1) is 11.0. The summed E-state index contributed by atoms with van der Waals surface area (Å²) in [5.41, 5.74) is 1.54. The standard InChI is InChI=1S/C19H20N2O2/c1-14-11-16(7-6-10-20)12-15(2)19(14,18(22)23)13-21-17-8-4-3-5-9-17/h3-9,11-12,14,21H,13H2,1-2H3,(H,22,23). The highest BCUT2D eigenvalue weighted by atomic mass is 16.4. The van der Waals surface area contributed by atoms with Crippen LogP contribution in [-0.4, -0.2) is 17.6 Å². The smallest absolute Gasteiger partial charge is 0.316 e. The molecule has 118 valence electrons. The SMILES string of the molecule is CC1=CC(C=CC#N)=CC(C)C1(CNc1ccccc1)C(=O)O. The van der Waals surface area contributed by atoms with Gasteiger partial charge in [-0.2, -0.15) is 5.26 Å². The number of aliphatic carboxylic acids is 1. The summed E-state index contributed by atoms with van der Waals surface area (Å²) < 4.78 is 0. The van der Waals surface area contributed by atoms with E-state index in [1.807, 2.05) is 62.4 Å². The molecule has 4 heteroatoms. The number of nitriles is 1. The number of benzene rings is 1. The Hall–Kier alpha value is -2.80. The first-order valence-corrected chi connectivity index (χ1v) is 7.50. The minimum atomic E-state index is -1.00. The number of allylic oxidation sites excluding steroid dienone is 5. The van der Waals surface area contributed by atoms with Gasteiger partial charge in [0, 0.05) is 18.3 Å². The molecule has 0 amide bonds. The fraction of sp³-hybridized carbons (Fsp3) is 0.263. The van der Waals surface area contributed by atoms with Crippen LogP contribution in [0.5, 0.6) is 0 Å². The number of carbonyl (C=O) groups is 1. The van der Waals surface area contributed by atoms with Crippen molar-refractivity contribution < 1.29 is 9.90 Å². The van der Waals surface area contributed by atoms with Gasteiger partial charge in [0.1, 0.15) is 5.41 Å². The maximum atomic E-state index is 12.1. The van der Waals surface area contributed by atoms with Crippen molar-refractivity contribution in [1.29, 1.82) is 5.26 Å². The van der Waals surface area contributed by atoms with Crippen LogP contribution in [0.4, 0.5) is 5.69 Å². The van der Waals surface area contributed by atoms with E-state index in [0.29, 0.717) is 6.54 Å². The van der Waals surface area contributed by atoms with Crippen molar-refractivity contribution in [3.8, 4) is 6.07 Å². The molecule has 0 saturated carbocycles. The van der Waals surface area contributed by atoms with Gasteiger partial charge in [0.05, 0.1) is 6.07 Å². The van der Waals surface area contributed by atoms with Gasteiger partial charge in [-0.15, -0.1) is 0 Å². The van der Waals surface area contributed by atoms with Gasteiger partial charge in [-0.3, -0.25) is 4.79 Å². The van der Waals surface area contributed by atoms with Gasteiger partial charge < -0.3 is 10.4 Å². The lowest BCUT2D eigenvalue weighted by atomic mass is 9.67. The highest BCUT2D eigenvalue weighted by Gasteiger charge is 2.46. The third-order valence-electron chi connectivity index (χ3n) is 4.38. The van der Waals surface area contributed by atoms with Crippen LogP contribution in [0.2, 0.25) is 0 Å². The topological polar surface area (TPSA) is 73.1 Å². The van der Waals surface area contributed by atoms with Gasteiger partial charge in [0.2, 0.25) is 0 Å². The molecule has 0 heterocycles. The largest absolute Gasteiger partial charge is 0.481 e. The Labute approximate surface area is 136 Å². The summed E-state index contributed by atoms with van der Waals surface area (Å²) in [5, 5.41) is 21.8. The van der Waals surface area contributed by atoms with Gasteiger partial charge in [0.25, 0.3) is 0 Å². The Bertz CT molecular complexity index is 711. The zero-order chi connectivity index (χ0) is 16.9. The monoisotopic (exact) mass is 308 g/mol. The number of nitrogens with zero attached hydrogens (tertiary/aromatic N) is 1. The lowest BCUT2D eigenvalue weighted by Gasteiger charge is -2.38. The molecule has 0 radical (unpaired) electrons. The first-order valence-electron chi connectivity index (χ1n) is 7.50. The van der Waals surface area contributed by atoms with Crippen molar-refractivity contribution in [3.05, 3.63) is 65.8 Å². The van der Waals surface area contributed by atoms with E-state index in [9.17, 15) is 9.90 Å². The van der Waals surface area contributed by atoms with E-state index in [0.717, 1.165) is 16.8 Å². The molecule has 2 atom stereocenters. The molecular weight excluding hydrogens is 288 g/mol. The van der Waals surface area contributed by atoms with E-state index >= 15 is 0 Å². The molecule has 2 N–H and O–H groups in total. The minimum absolute atomic E-state index is 0.195. The summed E-state index contributed by atoms with van der Waals surface area (Å²) in [4.78, 5) is 12.1. The Morgan fingerprint density at radius 2 is 2.13 bits per heavy atom. The minimum Gasteiger partial charge on any atom is -0.481 e. The maximum Gasteiger partial charge on any atom is 0.316 e. The van der Waals surface area contributed by atoms with E-state index < -0.39 is 11.4 Å². The maximum absolute atomic E-state index is 12.1. The number of rotatable bonds is 5. The van der Waals surface area contributed by atoms with E-state index in [-0.39, 0.29) is 5.92 Å². The number of hydrogen-bond acceptors (Lipinski definition) is 3. The third-order valence-corrected chi connectivity index (χ3v) is 4.38. The Balaban J connectivity index is 2.29. The fourth-order valence-corrected chi connectivity index (χ4v) is 2.99. The highest BCUT2D eigenvalue weighted by Crippen LogP contribution is 2.41. The molecule has 1 aliphatic rings. The van der Waals surface area contributed by atoms with Gasteiger partial charge in [-0.1, -0.05) is 42.8 Å². The second kappa shape index (κ2) is 6.97. The molecule has 1 aliphatic carbocycles. The molecule has 1 aromatic carbocycles. The zero-order valence-electron chi connectivity index (χ0n) is 13.3. The third kappa shape index (κ3) is 3.35. The molecule has 0 fully saturated rings. The van der Waals surface area contributed by atoms with Crippen LogP contribution < -0.4 is 5.32 Å². The Kier molecular flexibility index (Phi) is 5.02. The molecule has 1 aromatic rings. The van der Waals surface area contributed by atoms with Gasteiger partial charge in [-0.25, -0.2) is 0 Å². The van der Waals surface area contributed by atoms with Crippen LogP contribution in [0.15, 0.2) is 65.8 Å². The number of hydrogen-bond donors (Lipinski definition) is 2. The van der Waals surface area contributed by atoms with Crippen molar-refractivity contribution in [2.75, 3.05) is 11.9 Å². The highest BCUT2D eigenvalue weighted by molar-refractivity contribution is 5.81. The molecule has 0 saturated heterocycles. The summed E-state index contributed by atoms with van der Waals surface area (Å²) in [5.74, 6) is -1.04. The lowest BCUT2D eigenvalue weighted by molar-refractivity contribution is -0.147. The summed E-state index contributed by atoms with van der Waals surface area (Å²) >= 11 is 0. The van der Waals surface area contributed by atoms with Gasteiger partial charge >= 0.3 is 5.97 Å². The molecule has 4 nitrogen and oxygen atoms in total. The van der Waals surface area contributed by atoms with E-state index in [2.05, 4.69) is 5.32 Å².